The molecular formula is C16H25NO3. The zero-order chi connectivity index (χ0) is 14.6. The Hall–Kier alpha value is -1.26. The van der Waals surface area contributed by atoms with Crippen molar-refractivity contribution >= 4 is 0 Å². The van der Waals surface area contributed by atoms with Crippen LogP contribution in [0.3, 0.4) is 0 Å². The number of hydrogen-bond acceptors (Lipinski definition) is 4. The standard InChI is InChI=1S/C16H25NO3/c1-16(2,18)15-9-6-10-17(15)11-12-20-14-8-5-4-7-13(14)19-3/h4-5,7-8,15,18H,6,9-12H2,1-3H3. The molecule has 112 valence electrons. The Morgan fingerprint density at radius 2 is 2.00 bits per heavy atom. The van der Waals surface area contributed by atoms with Gasteiger partial charge < -0.3 is 14.6 Å². The average Bonchev–Trinajstić information content (AvgIpc) is 2.88. The van der Waals surface area contributed by atoms with Gasteiger partial charge in [-0.2, -0.15) is 0 Å². The molecule has 1 N–H and O–H groups in total. The summed E-state index contributed by atoms with van der Waals surface area (Å²) in [7, 11) is 1.65. The monoisotopic (exact) mass is 279 g/mol. The second kappa shape index (κ2) is 6.46. The molecule has 1 aliphatic heterocycles. The van der Waals surface area contributed by atoms with Gasteiger partial charge in [-0.05, 0) is 45.4 Å². The Kier molecular flexibility index (Phi) is 4.89. The first-order valence-corrected chi connectivity index (χ1v) is 7.24. The summed E-state index contributed by atoms with van der Waals surface area (Å²) in [5.74, 6) is 1.53. The molecule has 1 heterocycles. The number of nitrogens with zero attached hydrogens (tertiary/aromatic N) is 1. The third-order valence-electron chi connectivity index (χ3n) is 3.88. The molecule has 0 aromatic heterocycles. The maximum atomic E-state index is 10.2. The van der Waals surface area contributed by atoms with Crippen LogP contribution >= 0.6 is 0 Å². The molecule has 4 heteroatoms. The zero-order valence-corrected chi connectivity index (χ0v) is 12.6. The van der Waals surface area contributed by atoms with Crippen molar-refractivity contribution in [2.24, 2.45) is 0 Å². The zero-order valence-electron chi connectivity index (χ0n) is 12.6. The highest BCUT2D eigenvalue weighted by Gasteiger charge is 2.35. The molecule has 0 amide bonds. The first kappa shape index (κ1) is 15.1. The van der Waals surface area contributed by atoms with E-state index in [1.807, 2.05) is 38.1 Å². The van der Waals surface area contributed by atoms with E-state index in [4.69, 9.17) is 9.47 Å². The Morgan fingerprint density at radius 3 is 2.65 bits per heavy atom. The highest BCUT2D eigenvalue weighted by molar-refractivity contribution is 5.39. The van der Waals surface area contributed by atoms with E-state index in [0.717, 1.165) is 37.4 Å². The predicted molar refractivity (Wildman–Crippen MR) is 79.4 cm³/mol. The van der Waals surface area contributed by atoms with Gasteiger partial charge >= 0.3 is 0 Å². The molecule has 1 atom stereocenters. The van der Waals surface area contributed by atoms with Gasteiger partial charge in [0.2, 0.25) is 0 Å². The van der Waals surface area contributed by atoms with E-state index in [0.29, 0.717) is 6.61 Å². The fourth-order valence-corrected chi connectivity index (χ4v) is 2.90. The summed E-state index contributed by atoms with van der Waals surface area (Å²) in [4.78, 5) is 2.31. The summed E-state index contributed by atoms with van der Waals surface area (Å²) in [5, 5.41) is 10.2. The van der Waals surface area contributed by atoms with Crippen LogP contribution in [0, 0.1) is 0 Å². The number of methoxy groups -OCH3 is 1. The molecule has 1 aliphatic rings. The summed E-state index contributed by atoms with van der Waals surface area (Å²) in [6.45, 7) is 6.23. The predicted octanol–water partition coefficient (Wildman–Crippen LogP) is 2.31. The molecule has 0 radical (unpaired) electrons. The van der Waals surface area contributed by atoms with E-state index in [-0.39, 0.29) is 6.04 Å². The fourth-order valence-electron chi connectivity index (χ4n) is 2.90. The van der Waals surface area contributed by atoms with Crippen LogP contribution in [0.5, 0.6) is 11.5 Å². The Bertz CT molecular complexity index is 428. The van der Waals surface area contributed by atoms with Gasteiger partial charge in [0.15, 0.2) is 11.5 Å². The van der Waals surface area contributed by atoms with E-state index >= 15 is 0 Å². The molecule has 1 fully saturated rings. The van der Waals surface area contributed by atoms with Crippen LogP contribution in [0.15, 0.2) is 24.3 Å². The minimum Gasteiger partial charge on any atom is -0.493 e. The SMILES string of the molecule is COc1ccccc1OCCN1CCCC1C(C)(C)O. The quantitative estimate of drug-likeness (QED) is 0.867. The van der Waals surface area contributed by atoms with E-state index in [1.54, 1.807) is 7.11 Å². The number of hydrogen-bond donors (Lipinski definition) is 1. The number of ether oxygens (including phenoxy) is 2. The maximum Gasteiger partial charge on any atom is 0.161 e. The van der Waals surface area contributed by atoms with Crippen molar-refractivity contribution in [3.8, 4) is 11.5 Å². The Labute approximate surface area is 121 Å². The van der Waals surface area contributed by atoms with Gasteiger partial charge in [0.05, 0.1) is 12.7 Å². The smallest absolute Gasteiger partial charge is 0.161 e. The number of likely N-dealkylation sites (tertiary alicyclic amines) is 1. The molecule has 4 nitrogen and oxygen atoms in total. The lowest BCUT2D eigenvalue weighted by atomic mass is 9.97. The number of benzene rings is 1. The molecule has 1 saturated heterocycles. The van der Waals surface area contributed by atoms with Crippen LogP contribution in [-0.2, 0) is 0 Å². The largest absolute Gasteiger partial charge is 0.493 e. The summed E-state index contributed by atoms with van der Waals surface area (Å²) >= 11 is 0. The fraction of sp³-hybridized carbons (Fsp3) is 0.625. The topological polar surface area (TPSA) is 41.9 Å². The van der Waals surface area contributed by atoms with Crippen molar-refractivity contribution < 1.29 is 14.6 Å². The summed E-state index contributed by atoms with van der Waals surface area (Å²) in [6.07, 6.45) is 2.20. The molecule has 0 bridgehead atoms. The normalized spacial score (nSPS) is 20.1. The second-order valence-corrected chi connectivity index (χ2v) is 5.85. The average molecular weight is 279 g/mol. The third kappa shape index (κ3) is 3.64. The number of rotatable bonds is 6. The van der Waals surface area contributed by atoms with Crippen molar-refractivity contribution in [1.82, 2.24) is 4.90 Å². The lowest BCUT2D eigenvalue weighted by Crippen LogP contribution is -2.46. The van der Waals surface area contributed by atoms with Gasteiger partial charge in [0, 0.05) is 12.6 Å². The van der Waals surface area contributed by atoms with E-state index in [1.165, 1.54) is 0 Å². The minimum atomic E-state index is -0.652. The third-order valence-corrected chi connectivity index (χ3v) is 3.88. The maximum absolute atomic E-state index is 10.2. The number of para-hydroxylation sites is 2. The van der Waals surface area contributed by atoms with Crippen LogP contribution in [0.1, 0.15) is 26.7 Å². The van der Waals surface area contributed by atoms with E-state index < -0.39 is 5.60 Å². The van der Waals surface area contributed by atoms with Crippen molar-refractivity contribution in [3.63, 3.8) is 0 Å². The summed E-state index contributed by atoms with van der Waals surface area (Å²) in [6, 6.07) is 7.90. The van der Waals surface area contributed by atoms with Crippen molar-refractivity contribution in [3.05, 3.63) is 24.3 Å². The van der Waals surface area contributed by atoms with Gasteiger partial charge in [-0.1, -0.05) is 12.1 Å². The Balaban J connectivity index is 1.86. The minimum absolute atomic E-state index is 0.226. The molecule has 1 unspecified atom stereocenters. The van der Waals surface area contributed by atoms with Crippen LogP contribution in [0.4, 0.5) is 0 Å². The summed E-state index contributed by atoms with van der Waals surface area (Å²) < 4.78 is 11.1. The molecule has 2 rings (SSSR count). The molecule has 0 saturated carbocycles. The highest BCUT2D eigenvalue weighted by atomic mass is 16.5. The van der Waals surface area contributed by atoms with Gasteiger partial charge in [0.25, 0.3) is 0 Å². The van der Waals surface area contributed by atoms with Crippen LogP contribution < -0.4 is 9.47 Å². The molecule has 20 heavy (non-hydrogen) atoms. The van der Waals surface area contributed by atoms with Crippen molar-refractivity contribution in [2.45, 2.75) is 38.3 Å². The van der Waals surface area contributed by atoms with Gasteiger partial charge in [-0.3, -0.25) is 4.90 Å². The highest BCUT2D eigenvalue weighted by Crippen LogP contribution is 2.28. The molecular weight excluding hydrogens is 254 g/mol. The molecule has 0 spiro atoms. The molecule has 1 aromatic carbocycles. The number of aliphatic hydroxyl groups is 1. The van der Waals surface area contributed by atoms with Crippen LogP contribution in [0.25, 0.3) is 0 Å². The van der Waals surface area contributed by atoms with Crippen molar-refractivity contribution in [1.29, 1.82) is 0 Å². The Morgan fingerprint density at radius 1 is 1.30 bits per heavy atom. The second-order valence-electron chi connectivity index (χ2n) is 5.85. The van der Waals surface area contributed by atoms with Crippen LogP contribution in [0.2, 0.25) is 0 Å². The molecule has 1 aromatic rings. The van der Waals surface area contributed by atoms with Crippen LogP contribution in [-0.4, -0.2) is 48.5 Å². The summed E-state index contributed by atoms with van der Waals surface area (Å²) in [5.41, 5.74) is -0.652. The molecule has 0 aliphatic carbocycles. The first-order chi connectivity index (χ1) is 9.52. The lowest BCUT2D eigenvalue weighted by Gasteiger charge is -2.33. The van der Waals surface area contributed by atoms with E-state index in [9.17, 15) is 5.11 Å². The van der Waals surface area contributed by atoms with Gasteiger partial charge in [-0.15, -0.1) is 0 Å². The first-order valence-electron chi connectivity index (χ1n) is 7.24. The van der Waals surface area contributed by atoms with Gasteiger partial charge in [0.1, 0.15) is 6.61 Å². The van der Waals surface area contributed by atoms with Gasteiger partial charge in [-0.25, -0.2) is 0 Å². The van der Waals surface area contributed by atoms with Crippen molar-refractivity contribution in [2.75, 3.05) is 26.8 Å². The lowest BCUT2D eigenvalue weighted by molar-refractivity contribution is -0.00556. The van der Waals surface area contributed by atoms with E-state index in [2.05, 4.69) is 4.90 Å².